The van der Waals surface area contributed by atoms with E-state index in [9.17, 15) is 9.59 Å². The minimum atomic E-state index is -0.118. The Morgan fingerprint density at radius 2 is 1.52 bits per heavy atom. The molecule has 6 heteroatoms. The molecule has 1 rings (SSSR count). The smallest absolute Gasteiger partial charge is 0.226 e. The van der Waals surface area contributed by atoms with E-state index in [1.165, 1.54) is 26.2 Å². The zero-order valence-corrected chi connectivity index (χ0v) is 14.6. The van der Waals surface area contributed by atoms with Gasteiger partial charge >= 0.3 is 0 Å². The van der Waals surface area contributed by atoms with Crippen molar-refractivity contribution in [3.05, 3.63) is 24.3 Å². The summed E-state index contributed by atoms with van der Waals surface area (Å²) in [6.07, 6.45) is 6.04. The van der Waals surface area contributed by atoms with Gasteiger partial charge in [0.2, 0.25) is 11.8 Å². The standard InChI is InChI=1S/C17H25N3O2S/c1-3-4-5-6-7-8-16(22)20-17(23)19-15-11-9-14(10-12-15)18-13(2)21/h9-12H,3-8H2,1-2H3,(H,18,21)(H2,19,20,22,23). The molecule has 1 aromatic carbocycles. The van der Waals surface area contributed by atoms with Crippen LogP contribution in [0.2, 0.25) is 0 Å². The molecule has 0 aliphatic carbocycles. The van der Waals surface area contributed by atoms with Crippen molar-refractivity contribution in [2.75, 3.05) is 10.6 Å². The molecular formula is C17H25N3O2S. The van der Waals surface area contributed by atoms with Gasteiger partial charge < -0.3 is 16.0 Å². The largest absolute Gasteiger partial charge is 0.332 e. The molecule has 0 aliphatic heterocycles. The summed E-state index contributed by atoms with van der Waals surface area (Å²) in [5, 5.41) is 8.60. The molecule has 0 fully saturated rings. The van der Waals surface area contributed by atoms with Crippen LogP contribution in [0.25, 0.3) is 0 Å². The zero-order chi connectivity index (χ0) is 17.1. The van der Waals surface area contributed by atoms with E-state index < -0.39 is 0 Å². The third kappa shape index (κ3) is 8.93. The lowest BCUT2D eigenvalue weighted by molar-refractivity contribution is -0.119. The van der Waals surface area contributed by atoms with E-state index in [2.05, 4.69) is 22.9 Å². The molecule has 126 valence electrons. The number of hydrogen-bond donors (Lipinski definition) is 3. The summed E-state index contributed by atoms with van der Waals surface area (Å²) in [6, 6.07) is 7.10. The molecule has 0 radical (unpaired) electrons. The van der Waals surface area contributed by atoms with Gasteiger partial charge in [0.05, 0.1) is 0 Å². The summed E-state index contributed by atoms with van der Waals surface area (Å²) < 4.78 is 0. The highest BCUT2D eigenvalue weighted by atomic mass is 32.1. The monoisotopic (exact) mass is 335 g/mol. The highest BCUT2D eigenvalue weighted by Gasteiger charge is 2.05. The van der Waals surface area contributed by atoms with Crippen LogP contribution in [0, 0.1) is 0 Å². The van der Waals surface area contributed by atoms with E-state index in [4.69, 9.17) is 12.2 Å². The van der Waals surface area contributed by atoms with E-state index in [-0.39, 0.29) is 16.9 Å². The van der Waals surface area contributed by atoms with Crippen molar-refractivity contribution < 1.29 is 9.59 Å². The Balaban J connectivity index is 2.29. The third-order valence-corrected chi connectivity index (χ3v) is 3.43. The van der Waals surface area contributed by atoms with E-state index in [0.717, 1.165) is 18.5 Å². The second-order valence-corrected chi connectivity index (χ2v) is 5.83. The topological polar surface area (TPSA) is 70.2 Å². The van der Waals surface area contributed by atoms with Crippen LogP contribution in [0.4, 0.5) is 11.4 Å². The Hall–Kier alpha value is -1.95. The first-order chi connectivity index (χ1) is 11.0. The van der Waals surface area contributed by atoms with Crippen LogP contribution in [0.15, 0.2) is 24.3 Å². The molecule has 1 aromatic rings. The molecule has 2 amide bonds. The van der Waals surface area contributed by atoms with Crippen molar-refractivity contribution in [1.82, 2.24) is 5.32 Å². The van der Waals surface area contributed by atoms with Crippen molar-refractivity contribution in [3.8, 4) is 0 Å². The Morgan fingerprint density at radius 1 is 0.957 bits per heavy atom. The summed E-state index contributed by atoms with van der Waals surface area (Å²) in [5.74, 6) is -0.179. The molecule has 0 spiro atoms. The van der Waals surface area contributed by atoms with Crippen molar-refractivity contribution in [2.24, 2.45) is 0 Å². The van der Waals surface area contributed by atoms with Gasteiger partial charge in [0.1, 0.15) is 0 Å². The molecule has 0 saturated heterocycles. The molecule has 0 aliphatic rings. The number of hydrogen-bond acceptors (Lipinski definition) is 3. The number of unbranched alkanes of at least 4 members (excludes halogenated alkanes) is 4. The maximum absolute atomic E-state index is 11.8. The number of anilines is 2. The summed E-state index contributed by atoms with van der Waals surface area (Å²) in [4.78, 5) is 22.7. The number of thiocarbonyl (C=S) groups is 1. The number of amides is 2. The van der Waals surface area contributed by atoms with Crippen LogP contribution in [0.5, 0.6) is 0 Å². The van der Waals surface area contributed by atoms with E-state index in [1.807, 2.05) is 0 Å². The van der Waals surface area contributed by atoms with Crippen molar-refractivity contribution >= 4 is 40.5 Å². The highest BCUT2D eigenvalue weighted by Crippen LogP contribution is 2.13. The minimum absolute atomic E-state index is 0.0612. The summed E-state index contributed by atoms with van der Waals surface area (Å²) in [6.45, 7) is 3.62. The molecular weight excluding hydrogens is 310 g/mol. The zero-order valence-electron chi connectivity index (χ0n) is 13.8. The van der Waals surface area contributed by atoms with E-state index in [0.29, 0.717) is 12.1 Å². The van der Waals surface area contributed by atoms with Gasteiger partial charge in [-0.15, -0.1) is 0 Å². The second kappa shape index (κ2) is 10.7. The van der Waals surface area contributed by atoms with Crippen molar-refractivity contribution in [3.63, 3.8) is 0 Å². The molecule has 3 N–H and O–H groups in total. The average molecular weight is 335 g/mol. The normalized spacial score (nSPS) is 10.0. The van der Waals surface area contributed by atoms with Crippen molar-refractivity contribution in [2.45, 2.75) is 52.4 Å². The fourth-order valence-electron chi connectivity index (χ4n) is 2.08. The molecule has 0 saturated carbocycles. The molecule has 0 atom stereocenters. The van der Waals surface area contributed by atoms with Gasteiger partial charge in [-0.2, -0.15) is 0 Å². The predicted molar refractivity (Wildman–Crippen MR) is 98.5 cm³/mol. The first-order valence-corrected chi connectivity index (χ1v) is 8.40. The fraction of sp³-hybridized carbons (Fsp3) is 0.471. The SMILES string of the molecule is CCCCCCCC(=O)NC(=S)Nc1ccc(NC(C)=O)cc1. The number of rotatable bonds is 8. The van der Waals surface area contributed by atoms with Gasteiger partial charge in [-0.05, 0) is 42.9 Å². The van der Waals surface area contributed by atoms with Crippen LogP contribution < -0.4 is 16.0 Å². The maximum Gasteiger partial charge on any atom is 0.226 e. The molecule has 23 heavy (non-hydrogen) atoms. The molecule has 5 nitrogen and oxygen atoms in total. The second-order valence-electron chi connectivity index (χ2n) is 5.43. The molecule has 0 heterocycles. The van der Waals surface area contributed by atoms with E-state index in [1.54, 1.807) is 24.3 Å². The lowest BCUT2D eigenvalue weighted by Gasteiger charge is -2.10. The van der Waals surface area contributed by atoms with Crippen LogP contribution >= 0.6 is 12.2 Å². The summed E-state index contributed by atoms with van der Waals surface area (Å²) in [7, 11) is 0. The summed E-state index contributed by atoms with van der Waals surface area (Å²) in [5.41, 5.74) is 1.47. The third-order valence-electron chi connectivity index (χ3n) is 3.22. The number of carbonyl (C=O) groups excluding carboxylic acids is 2. The van der Waals surface area contributed by atoms with Gasteiger partial charge in [-0.25, -0.2) is 0 Å². The van der Waals surface area contributed by atoms with Gasteiger partial charge in [-0.1, -0.05) is 32.6 Å². The van der Waals surface area contributed by atoms with E-state index >= 15 is 0 Å². The number of benzene rings is 1. The van der Waals surface area contributed by atoms with Gasteiger partial charge in [0, 0.05) is 24.7 Å². The molecule has 0 aromatic heterocycles. The van der Waals surface area contributed by atoms with Gasteiger partial charge in [0.15, 0.2) is 5.11 Å². The van der Waals surface area contributed by atoms with Gasteiger partial charge in [0.25, 0.3) is 0 Å². The number of carbonyl (C=O) groups is 2. The van der Waals surface area contributed by atoms with Crippen molar-refractivity contribution in [1.29, 1.82) is 0 Å². The Labute approximate surface area is 143 Å². The quantitative estimate of drug-likeness (QED) is 0.499. The first-order valence-electron chi connectivity index (χ1n) is 7.99. The maximum atomic E-state index is 11.8. The van der Waals surface area contributed by atoms with Crippen LogP contribution in [-0.4, -0.2) is 16.9 Å². The summed E-state index contributed by atoms with van der Waals surface area (Å²) >= 11 is 5.12. The average Bonchev–Trinajstić information content (AvgIpc) is 2.48. The van der Waals surface area contributed by atoms with Crippen LogP contribution in [-0.2, 0) is 9.59 Å². The Bertz CT molecular complexity index is 529. The lowest BCUT2D eigenvalue weighted by atomic mass is 10.1. The Morgan fingerprint density at radius 3 is 2.09 bits per heavy atom. The highest BCUT2D eigenvalue weighted by molar-refractivity contribution is 7.80. The fourth-order valence-corrected chi connectivity index (χ4v) is 2.31. The lowest BCUT2D eigenvalue weighted by Crippen LogP contribution is -2.33. The van der Waals surface area contributed by atoms with Crippen LogP contribution in [0.3, 0.4) is 0 Å². The van der Waals surface area contributed by atoms with Crippen LogP contribution in [0.1, 0.15) is 52.4 Å². The Kier molecular flexibility index (Phi) is 8.90. The predicted octanol–water partition coefficient (Wildman–Crippen LogP) is 3.82. The van der Waals surface area contributed by atoms with Gasteiger partial charge in [-0.3, -0.25) is 9.59 Å². The minimum Gasteiger partial charge on any atom is -0.332 e. The number of nitrogens with one attached hydrogen (secondary N) is 3. The molecule has 0 unspecified atom stereocenters. The first kappa shape index (κ1) is 19.1. The molecule has 0 bridgehead atoms.